The molecule has 1 aromatic rings. The Morgan fingerprint density at radius 1 is 1.50 bits per heavy atom. The highest BCUT2D eigenvalue weighted by molar-refractivity contribution is 9.10. The first-order valence-corrected chi connectivity index (χ1v) is 7.19. The minimum atomic E-state index is 0.519. The van der Waals surface area contributed by atoms with E-state index in [9.17, 15) is 0 Å². The molecule has 1 N–H and O–H groups in total. The fourth-order valence-corrected chi connectivity index (χ4v) is 2.30. The van der Waals surface area contributed by atoms with Crippen LogP contribution >= 0.6 is 27.5 Å². The van der Waals surface area contributed by atoms with Crippen LogP contribution in [0.2, 0.25) is 0 Å². The molecule has 0 saturated carbocycles. The Labute approximate surface area is 122 Å². The summed E-state index contributed by atoms with van der Waals surface area (Å²) in [5.41, 5.74) is 4.84. The SMILES string of the molecule is CCNCc1cc(Br)cc(C)c1OC/C(C)=C/Cl. The molecule has 1 aromatic carbocycles. The van der Waals surface area contributed by atoms with Crippen LogP contribution in [0.3, 0.4) is 0 Å². The first-order chi connectivity index (χ1) is 8.58. The van der Waals surface area contributed by atoms with Crippen LogP contribution in [0.1, 0.15) is 25.0 Å². The lowest BCUT2D eigenvalue weighted by atomic mass is 10.1. The zero-order valence-corrected chi connectivity index (χ0v) is 13.4. The average molecular weight is 333 g/mol. The Morgan fingerprint density at radius 2 is 2.22 bits per heavy atom. The molecule has 0 heterocycles. The zero-order chi connectivity index (χ0) is 13.5. The van der Waals surface area contributed by atoms with Gasteiger partial charge >= 0.3 is 0 Å². The molecule has 0 aliphatic rings. The van der Waals surface area contributed by atoms with Gasteiger partial charge in [0.1, 0.15) is 12.4 Å². The number of hydrogen-bond acceptors (Lipinski definition) is 2. The highest BCUT2D eigenvalue weighted by atomic mass is 79.9. The molecule has 0 saturated heterocycles. The maximum absolute atomic E-state index is 5.86. The van der Waals surface area contributed by atoms with Gasteiger partial charge in [0.2, 0.25) is 0 Å². The minimum absolute atomic E-state index is 0.519. The zero-order valence-electron chi connectivity index (χ0n) is 11.0. The van der Waals surface area contributed by atoms with Crippen molar-refractivity contribution in [3.05, 3.63) is 38.8 Å². The van der Waals surface area contributed by atoms with Gasteiger partial charge in [-0.05, 0) is 43.7 Å². The van der Waals surface area contributed by atoms with Crippen molar-refractivity contribution in [2.45, 2.75) is 27.3 Å². The van der Waals surface area contributed by atoms with Gasteiger partial charge in [0, 0.05) is 22.1 Å². The molecule has 0 aliphatic heterocycles. The van der Waals surface area contributed by atoms with Crippen LogP contribution in [-0.2, 0) is 6.54 Å². The van der Waals surface area contributed by atoms with Crippen molar-refractivity contribution < 1.29 is 4.74 Å². The van der Waals surface area contributed by atoms with Crippen LogP contribution in [0.15, 0.2) is 27.7 Å². The van der Waals surface area contributed by atoms with Crippen molar-refractivity contribution >= 4 is 27.5 Å². The van der Waals surface area contributed by atoms with Gasteiger partial charge in [-0.1, -0.05) is 34.5 Å². The van der Waals surface area contributed by atoms with Gasteiger partial charge in [0.05, 0.1) is 0 Å². The molecular formula is C14H19BrClNO. The van der Waals surface area contributed by atoms with Crippen molar-refractivity contribution in [2.24, 2.45) is 0 Å². The van der Waals surface area contributed by atoms with E-state index in [1.165, 1.54) is 0 Å². The molecule has 0 amide bonds. The van der Waals surface area contributed by atoms with E-state index in [1.807, 2.05) is 6.92 Å². The summed E-state index contributed by atoms with van der Waals surface area (Å²) in [4.78, 5) is 0. The normalized spacial score (nSPS) is 11.7. The first-order valence-electron chi connectivity index (χ1n) is 5.96. The van der Waals surface area contributed by atoms with Crippen LogP contribution < -0.4 is 10.1 Å². The van der Waals surface area contributed by atoms with Crippen molar-refractivity contribution in [1.29, 1.82) is 0 Å². The Kier molecular flexibility index (Phi) is 6.76. The molecule has 2 nitrogen and oxygen atoms in total. The van der Waals surface area contributed by atoms with E-state index in [-0.39, 0.29) is 0 Å². The van der Waals surface area contributed by atoms with E-state index >= 15 is 0 Å². The van der Waals surface area contributed by atoms with Crippen LogP contribution in [-0.4, -0.2) is 13.2 Å². The molecule has 0 bridgehead atoms. The summed E-state index contributed by atoms with van der Waals surface area (Å²) >= 11 is 9.16. The molecule has 0 fully saturated rings. The summed E-state index contributed by atoms with van der Waals surface area (Å²) in [5.74, 6) is 0.942. The fraction of sp³-hybridized carbons (Fsp3) is 0.429. The molecule has 18 heavy (non-hydrogen) atoms. The van der Waals surface area contributed by atoms with E-state index in [1.54, 1.807) is 5.54 Å². The first kappa shape index (κ1) is 15.5. The second kappa shape index (κ2) is 7.82. The Balaban J connectivity index is 2.92. The Morgan fingerprint density at radius 3 is 2.83 bits per heavy atom. The van der Waals surface area contributed by atoms with Crippen LogP contribution in [0.5, 0.6) is 5.75 Å². The van der Waals surface area contributed by atoms with Gasteiger partial charge in [-0.25, -0.2) is 0 Å². The number of aryl methyl sites for hydroxylation is 1. The summed E-state index contributed by atoms with van der Waals surface area (Å²) in [7, 11) is 0. The Bertz CT molecular complexity index is 432. The topological polar surface area (TPSA) is 21.3 Å². The van der Waals surface area contributed by atoms with Crippen molar-refractivity contribution in [3.63, 3.8) is 0 Å². The number of halogens is 2. The monoisotopic (exact) mass is 331 g/mol. The minimum Gasteiger partial charge on any atom is -0.489 e. The van der Waals surface area contributed by atoms with Gasteiger partial charge < -0.3 is 10.1 Å². The molecule has 4 heteroatoms. The molecule has 0 aliphatic carbocycles. The van der Waals surface area contributed by atoms with Gasteiger partial charge in [0.25, 0.3) is 0 Å². The van der Waals surface area contributed by atoms with E-state index in [0.29, 0.717) is 6.61 Å². The largest absolute Gasteiger partial charge is 0.489 e. The molecule has 0 spiro atoms. The molecule has 100 valence electrons. The molecule has 0 aromatic heterocycles. The fourth-order valence-electron chi connectivity index (χ4n) is 1.61. The van der Waals surface area contributed by atoms with E-state index in [2.05, 4.69) is 47.2 Å². The van der Waals surface area contributed by atoms with Crippen molar-refractivity contribution in [3.8, 4) is 5.75 Å². The quantitative estimate of drug-likeness (QED) is 0.834. The maximum Gasteiger partial charge on any atom is 0.127 e. The number of ether oxygens (including phenoxy) is 1. The number of hydrogen-bond donors (Lipinski definition) is 1. The molecule has 0 radical (unpaired) electrons. The summed E-state index contributed by atoms with van der Waals surface area (Å²) in [6.07, 6.45) is 0. The van der Waals surface area contributed by atoms with E-state index < -0.39 is 0 Å². The van der Waals surface area contributed by atoms with Crippen LogP contribution in [0.25, 0.3) is 0 Å². The van der Waals surface area contributed by atoms with Gasteiger partial charge in [-0.3, -0.25) is 0 Å². The predicted octanol–water partition coefficient (Wildman–Crippen LogP) is 4.39. The predicted molar refractivity (Wildman–Crippen MR) is 81.4 cm³/mol. The molecular weight excluding hydrogens is 314 g/mol. The third kappa shape index (κ3) is 4.63. The second-order valence-electron chi connectivity index (χ2n) is 4.24. The standard InChI is InChI=1S/C14H19BrClNO/c1-4-17-8-12-6-13(15)5-11(3)14(12)18-9-10(2)7-16/h5-7,17H,4,8-9H2,1-3H3/b10-7+. The summed E-state index contributed by atoms with van der Waals surface area (Å²) in [6, 6.07) is 4.15. The summed E-state index contributed by atoms with van der Waals surface area (Å²) < 4.78 is 6.93. The van der Waals surface area contributed by atoms with E-state index in [4.69, 9.17) is 16.3 Å². The van der Waals surface area contributed by atoms with Crippen LogP contribution in [0, 0.1) is 6.92 Å². The third-order valence-corrected chi connectivity index (χ3v) is 3.34. The van der Waals surface area contributed by atoms with Gasteiger partial charge in [-0.2, -0.15) is 0 Å². The highest BCUT2D eigenvalue weighted by Gasteiger charge is 2.09. The number of benzene rings is 1. The number of rotatable bonds is 6. The highest BCUT2D eigenvalue weighted by Crippen LogP contribution is 2.28. The molecule has 1 rings (SSSR count). The third-order valence-electron chi connectivity index (χ3n) is 2.51. The smallest absolute Gasteiger partial charge is 0.127 e. The summed E-state index contributed by atoms with van der Waals surface area (Å²) in [5, 5.41) is 3.32. The molecule has 0 unspecified atom stereocenters. The van der Waals surface area contributed by atoms with E-state index in [0.717, 1.165) is 40.0 Å². The van der Waals surface area contributed by atoms with Crippen LogP contribution in [0.4, 0.5) is 0 Å². The molecule has 0 atom stereocenters. The van der Waals surface area contributed by atoms with Crippen molar-refractivity contribution in [2.75, 3.05) is 13.2 Å². The second-order valence-corrected chi connectivity index (χ2v) is 5.37. The van der Waals surface area contributed by atoms with Gasteiger partial charge in [-0.15, -0.1) is 0 Å². The maximum atomic E-state index is 5.86. The Hall–Kier alpha value is -0.510. The number of nitrogens with one attached hydrogen (secondary N) is 1. The lowest BCUT2D eigenvalue weighted by Crippen LogP contribution is -2.14. The van der Waals surface area contributed by atoms with Crippen molar-refractivity contribution in [1.82, 2.24) is 5.32 Å². The average Bonchev–Trinajstić information content (AvgIpc) is 2.34. The lowest BCUT2D eigenvalue weighted by molar-refractivity contribution is 0.345. The lowest BCUT2D eigenvalue weighted by Gasteiger charge is -2.15. The van der Waals surface area contributed by atoms with Gasteiger partial charge in [0.15, 0.2) is 0 Å². The summed E-state index contributed by atoms with van der Waals surface area (Å²) in [6.45, 7) is 8.35.